The fraction of sp³-hybridized carbons (Fsp3) is 0.586. The first-order valence-electron chi connectivity index (χ1n) is 13.7. The average Bonchev–Trinajstić information content (AvgIpc) is 3.23. The second kappa shape index (κ2) is 10.7. The van der Waals surface area contributed by atoms with Gasteiger partial charge >= 0.3 is 0 Å². The molecule has 3 heterocycles. The molecule has 1 spiro atoms. The van der Waals surface area contributed by atoms with Gasteiger partial charge in [0.05, 0.1) is 31.4 Å². The van der Waals surface area contributed by atoms with E-state index < -0.39 is 12.1 Å². The van der Waals surface area contributed by atoms with Crippen LogP contribution in [-0.4, -0.2) is 77.9 Å². The van der Waals surface area contributed by atoms with Crippen molar-refractivity contribution in [3.63, 3.8) is 0 Å². The number of likely N-dealkylation sites (tertiary alicyclic amines) is 2. The normalized spacial score (nSPS) is 24.6. The number of ether oxygens (including phenoxy) is 1. The van der Waals surface area contributed by atoms with Gasteiger partial charge in [-0.2, -0.15) is 0 Å². The van der Waals surface area contributed by atoms with Crippen LogP contribution >= 0.6 is 0 Å². The summed E-state index contributed by atoms with van der Waals surface area (Å²) >= 11 is 0. The number of carbonyl (C=O) groups excluding carboxylic acids is 3. The number of benzene rings is 1. The van der Waals surface area contributed by atoms with Crippen LogP contribution in [0, 0.1) is 22.7 Å². The second-order valence-corrected chi connectivity index (χ2v) is 12.1. The maximum absolute atomic E-state index is 13.8. The van der Waals surface area contributed by atoms with E-state index in [9.17, 15) is 14.4 Å². The number of oxazole rings is 1. The fourth-order valence-corrected chi connectivity index (χ4v) is 6.10. The molecule has 4 atom stereocenters. The Morgan fingerprint density at radius 3 is 2.49 bits per heavy atom. The van der Waals surface area contributed by atoms with Crippen LogP contribution in [-0.2, 0) is 32.3 Å². The van der Waals surface area contributed by atoms with Gasteiger partial charge in [-0.3, -0.25) is 19.3 Å². The third kappa shape index (κ3) is 5.72. The van der Waals surface area contributed by atoms with Crippen molar-refractivity contribution in [1.82, 2.24) is 25.4 Å². The molecule has 2 N–H and O–H groups in total. The first-order valence-corrected chi connectivity index (χ1v) is 13.7. The molecule has 10 heteroatoms. The van der Waals surface area contributed by atoms with E-state index in [1.54, 1.807) is 20.2 Å². The lowest BCUT2D eigenvalue weighted by Gasteiger charge is -2.51. The van der Waals surface area contributed by atoms with E-state index in [2.05, 4.69) is 34.4 Å². The van der Waals surface area contributed by atoms with Gasteiger partial charge in [0, 0.05) is 44.6 Å². The summed E-state index contributed by atoms with van der Waals surface area (Å²) < 4.78 is 11.5. The Bertz CT molecular complexity index is 1180. The topological polar surface area (TPSA) is 117 Å². The van der Waals surface area contributed by atoms with Gasteiger partial charge in [-0.1, -0.05) is 44.2 Å². The van der Waals surface area contributed by atoms with E-state index in [0.717, 1.165) is 17.7 Å². The number of likely N-dealkylation sites (N-methyl/N-ethyl adjacent to an activating group) is 1. The van der Waals surface area contributed by atoms with Crippen molar-refractivity contribution in [2.24, 2.45) is 22.7 Å². The minimum atomic E-state index is -0.850. The smallest absolute Gasteiger partial charge is 0.245 e. The number of hydrogen-bond donors (Lipinski definition) is 2. The number of carbonyl (C=O) groups is 3. The maximum Gasteiger partial charge on any atom is 0.245 e. The van der Waals surface area contributed by atoms with Crippen LogP contribution in [0.25, 0.3) is 0 Å². The van der Waals surface area contributed by atoms with E-state index >= 15 is 0 Å². The molecule has 2 aromatic rings. The van der Waals surface area contributed by atoms with Crippen LogP contribution in [0.5, 0.6) is 0 Å². The molecule has 10 nitrogen and oxygen atoms in total. The summed E-state index contributed by atoms with van der Waals surface area (Å²) in [4.78, 5) is 47.8. The first kappa shape index (κ1) is 27.3. The largest absolute Gasteiger partial charge is 0.447 e. The van der Waals surface area contributed by atoms with E-state index in [1.807, 2.05) is 35.2 Å². The maximum atomic E-state index is 13.8. The zero-order valence-corrected chi connectivity index (χ0v) is 23.2. The average molecular weight is 538 g/mol. The summed E-state index contributed by atoms with van der Waals surface area (Å²) in [6, 6.07) is 8.86. The van der Waals surface area contributed by atoms with E-state index in [-0.39, 0.29) is 40.4 Å². The van der Waals surface area contributed by atoms with Crippen LogP contribution in [0.1, 0.15) is 38.5 Å². The Kier molecular flexibility index (Phi) is 7.52. The minimum Gasteiger partial charge on any atom is -0.447 e. The number of nitrogens with one attached hydrogen (secondary N) is 2. The molecule has 0 unspecified atom stereocenters. The highest BCUT2D eigenvalue weighted by atomic mass is 16.5. The summed E-state index contributed by atoms with van der Waals surface area (Å²) in [6.07, 6.45) is 3.44. The van der Waals surface area contributed by atoms with Gasteiger partial charge in [0.2, 0.25) is 17.7 Å². The molecule has 1 aromatic heterocycles. The van der Waals surface area contributed by atoms with Gasteiger partial charge in [0.1, 0.15) is 11.8 Å². The van der Waals surface area contributed by atoms with Crippen molar-refractivity contribution >= 4 is 17.7 Å². The SMILES string of the molecule is CNC(=O)[C@@H](NC(=O)[C@H]1CN(Cc2cnco2)CC12CN(C(=O)[C@H]1CC1(C)C)C2)[C@@H](C)OCc1ccccc1. The van der Waals surface area contributed by atoms with Gasteiger partial charge in [-0.15, -0.1) is 0 Å². The lowest BCUT2D eigenvalue weighted by atomic mass is 9.70. The van der Waals surface area contributed by atoms with Crippen molar-refractivity contribution in [3.8, 4) is 0 Å². The van der Waals surface area contributed by atoms with Gasteiger partial charge in [0.25, 0.3) is 0 Å². The van der Waals surface area contributed by atoms with Gasteiger partial charge in [-0.05, 0) is 24.3 Å². The van der Waals surface area contributed by atoms with Crippen LogP contribution in [0.2, 0.25) is 0 Å². The van der Waals surface area contributed by atoms with Crippen LogP contribution in [0.15, 0.2) is 47.3 Å². The molecular formula is C29H39N5O5. The summed E-state index contributed by atoms with van der Waals surface area (Å²) in [6.45, 7) is 9.14. The predicted octanol–water partition coefficient (Wildman–Crippen LogP) is 1.82. The first-order chi connectivity index (χ1) is 18.6. The van der Waals surface area contributed by atoms with Crippen LogP contribution < -0.4 is 10.6 Å². The lowest BCUT2D eigenvalue weighted by molar-refractivity contribution is -0.152. The van der Waals surface area contributed by atoms with E-state index in [4.69, 9.17) is 9.15 Å². The van der Waals surface area contributed by atoms with Gasteiger partial charge in [-0.25, -0.2) is 4.98 Å². The highest BCUT2D eigenvalue weighted by Gasteiger charge is 2.61. The molecule has 39 heavy (non-hydrogen) atoms. The van der Waals surface area contributed by atoms with Crippen LogP contribution in [0.4, 0.5) is 0 Å². The molecule has 0 radical (unpaired) electrons. The molecule has 210 valence electrons. The zero-order valence-electron chi connectivity index (χ0n) is 23.2. The zero-order chi connectivity index (χ0) is 27.8. The molecule has 0 bridgehead atoms. The van der Waals surface area contributed by atoms with E-state index in [0.29, 0.717) is 39.3 Å². The summed E-state index contributed by atoms with van der Waals surface area (Å²) in [5, 5.41) is 5.66. The number of hydrogen-bond acceptors (Lipinski definition) is 7. The summed E-state index contributed by atoms with van der Waals surface area (Å²) in [5.41, 5.74) is 0.670. The number of rotatable bonds is 10. The molecule has 1 aliphatic carbocycles. The molecule has 1 aromatic carbocycles. The third-order valence-corrected chi connectivity index (χ3v) is 8.68. The van der Waals surface area contributed by atoms with E-state index in [1.165, 1.54) is 6.39 Å². The third-order valence-electron chi connectivity index (χ3n) is 8.68. The fourth-order valence-electron chi connectivity index (χ4n) is 6.10. The molecule has 2 aliphatic heterocycles. The standard InChI is InChI=1S/C29H39N5O5/c1-19(38-14-20-8-6-5-7-9-20)24(26(36)30-4)32-25(35)23-13-33(12-21-11-31-18-39-21)15-29(23)16-34(17-29)27(37)22-10-28(22,2)3/h5-9,11,18-19,22-24H,10,12-17H2,1-4H3,(H,30,36)(H,32,35)/t19-,22-,23-,24+/m1/s1. The molecule has 3 fully saturated rings. The highest BCUT2D eigenvalue weighted by Crippen LogP contribution is 2.54. The van der Waals surface area contributed by atoms with Crippen molar-refractivity contribution in [2.45, 2.75) is 52.5 Å². The predicted molar refractivity (Wildman–Crippen MR) is 143 cm³/mol. The summed E-state index contributed by atoms with van der Waals surface area (Å²) in [7, 11) is 1.55. The number of aromatic nitrogens is 1. The number of amides is 3. The molecular weight excluding hydrogens is 498 g/mol. The Morgan fingerprint density at radius 1 is 1.15 bits per heavy atom. The van der Waals surface area contributed by atoms with Crippen LogP contribution in [0.3, 0.4) is 0 Å². The Hall–Kier alpha value is -3.24. The van der Waals surface area contributed by atoms with Crippen molar-refractivity contribution < 1.29 is 23.5 Å². The van der Waals surface area contributed by atoms with Crippen molar-refractivity contribution in [2.75, 3.05) is 33.2 Å². The minimum absolute atomic E-state index is 0.0568. The second-order valence-electron chi connectivity index (χ2n) is 12.1. The molecule has 5 rings (SSSR count). The van der Waals surface area contributed by atoms with Crippen molar-refractivity contribution in [1.29, 1.82) is 0 Å². The molecule has 3 amide bonds. The monoisotopic (exact) mass is 537 g/mol. The molecule has 1 saturated carbocycles. The molecule has 3 aliphatic rings. The Balaban J connectivity index is 1.28. The quantitative estimate of drug-likeness (QED) is 0.475. The van der Waals surface area contributed by atoms with Gasteiger partial charge in [0.15, 0.2) is 6.39 Å². The van der Waals surface area contributed by atoms with Gasteiger partial charge < -0.3 is 24.7 Å². The molecule has 2 saturated heterocycles. The summed E-state index contributed by atoms with van der Waals surface area (Å²) in [5.74, 6) is 0.0850. The number of nitrogens with zero attached hydrogens (tertiary/aromatic N) is 3. The Labute approximate surface area is 229 Å². The van der Waals surface area contributed by atoms with Crippen molar-refractivity contribution in [3.05, 3.63) is 54.2 Å². The highest BCUT2D eigenvalue weighted by molar-refractivity contribution is 5.90. The lowest BCUT2D eigenvalue weighted by Crippen LogP contribution is -2.65. The Morgan fingerprint density at radius 2 is 1.87 bits per heavy atom.